The van der Waals surface area contributed by atoms with Gasteiger partial charge in [0.05, 0.1) is 22.1 Å². The molecule has 7 aromatic carbocycles. The van der Waals surface area contributed by atoms with E-state index in [2.05, 4.69) is 155 Å². The molecule has 2 heteroatoms. The summed E-state index contributed by atoms with van der Waals surface area (Å²) in [7, 11) is 0. The number of aromatic nitrogens is 2. The molecule has 0 atom stereocenters. The Labute approximate surface area is 242 Å². The van der Waals surface area contributed by atoms with Gasteiger partial charge < -0.3 is 9.13 Å². The van der Waals surface area contributed by atoms with Crippen molar-refractivity contribution < 1.29 is 0 Å². The van der Waals surface area contributed by atoms with Gasteiger partial charge in [0.2, 0.25) is 0 Å². The molecule has 1 aliphatic carbocycles. The van der Waals surface area contributed by atoms with Crippen LogP contribution < -0.4 is 0 Å². The van der Waals surface area contributed by atoms with Gasteiger partial charge in [0.1, 0.15) is 0 Å². The van der Waals surface area contributed by atoms with Crippen molar-refractivity contribution in [3.63, 3.8) is 0 Å². The lowest BCUT2D eigenvalue weighted by atomic mass is 9.99. The topological polar surface area (TPSA) is 9.86 Å². The molecule has 1 aliphatic rings. The number of nitrogens with zero attached hydrogens (tertiary/aromatic N) is 2. The van der Waals surface area contributed by atoms with E-state index in [-0.39, 0.29) is 0 Å². The van der Waals surface area contributed by atoms with Crippen molar-refractivity contribution in [2.24, 2.45) is 0 Å². The smallest absolute Gasteiger partial charge is 0.0620 e. The van der Waals surface area contributed by atoms with Crippen molar-refractivity contribution in [1.29, 1.82) is 0 Å². The van der Waals surface area contributed by atoms with Gasteiger partial charge in [-0.3, -0.25) is 0 Å². The second-order valence-corrected chi connectivity index (χ2v) is 11.3. The van der Waals surface area contributed by atoms with E-state index in [1.54, 1.807) is 0 Å². The number of rotatable bonds is 2. The highest BCUT2D eigenvalue weighted by atomic mass is 15.0. The van der Waals surface area contributed by atoms with E-state index in [1.807, 2.05) is 0 Å². The van der Waals surface area contributed by atoms with Crippen molar-refractivity contribution >= 4 is 54.4 Å². The van der Waals surface area contributed by atoms with E-state index in [1.165, 1.54) is 88.0 Å². The SMILES string of the molecule is c1ccc(-n2c3ccc(-n4c5ccccc5c5ccccc54)cc3c3cc4c5c(cccc5c32)-c2ccccc2-4)cc1. The van der Waals surface area contributed by atoms with Crippen LogP contribution in [0.4, 0.5) is 0 Å². The molecule has 0 spiro atoms. The second kappa shape index (κ2) is 7.99. The summed E-state index contributed by atoms with van der Waals surface area (Å²) in [6, 6.07) is 53.4. The quantitative estimate of drug-likeness (QED) is 0.210. The highest BCUT2D eigenvalue weighted by Gasteiger charge is 2.25. The first kappa shape index (κ1) is 22.1. The maximum Gasteiger partial charge on any atom is 0.0620 e. The summed E-state index contributed by atoms with van der Waals surface area (Å²) < 4.78 is 4.88. The fourth-order valence-corrected chi connectivity index (χ4v) is 7.55. The Kier molecular flexibility index (Phi) is 4.21. The fourth-order valence-electron chi connectivity index (χ4n) is 7.55. The zero-order valence-corrected chi connectivity index (χ0v) is 22.8. The molecule has 10 rings (SSSR count). The van der Waals surface area contributed by atoms with Crippen molar-refractivity contribution in [2.45, 2.75) is 0 Å². The third kappa shape index (κ3) is 2.74. The Morgan fingerprint density at radius 3 is 1.67 bits per heavy atom. The van der Waals surface area contributed by atoms with Gasteiger partial charge >= 0.3 is 0 Å². The first-order chi connectivity index (χ1) is 20.9. The van der Waals surface area contributed by atoms with Gasteiger partial charge in [-0.1, -0.05) is 97.1 Å². The van der Waals surface area contributed by atoms with Crippen molar-refractivity contribution in [2.75, 3.05) is 0 Å². The zero-order valence-electron chi connectivity index (χ0n) is 22.8. The Morgan fingerprint density at radius 1 is 0.310 bits per heavy atom. The summed E-state index contributed by atoms with van der Waals surface area (Å²) in [5.41, 5.74) is 12.6. The Hall–Kier alpha value is -5.60. The van der Waals surface area contributed by atoms with Gasteiger partial charge in [-0.05, 0) is 76.2 Å². The average molecular weight is 533 g/mol. The molecular formula is C40H24N2. The number of para-hydroxylation sites is 3. The molecule has 0 bridgehead atoms. The molecule has 0 radical (unpaired) electrons. The van der Waals surface area contributed by atoms with E-state index in [9.17, 15) is 0 Å². The molecular weight excluding hydrogens is 508 g/mol. The maximum atomic E-state index is 2.46. The zero-order chi connectivity index (χ0) is 27.4. The first-order valence-corrected chi connectivity index (χ1v) is 14.5. The summed E-state index contributed by atoms with van der Waals surface area (Å²) in [6.07, 6.45) is 0. The summed E-state index contributed by atoms with van der Waals surface area (Å²) >= 11 is 0. The lowest BCUT2D eigenvalue weighted by Gasteiger charge is -2.11. The third-order valence-electron chi connectivity index (χ3n) is 9.23. The number of hydrogen-bond acceptors (Lipinski definition) is 0. The molecule has 194 valence electrons. The maximum absolute atomic E-state index is 2.46. The minimum absolute atomic E-state index is 1.18. The van der Waals surface area contributed by atoms with Gasteiger partial charge in [0, 0.05) is 38.3 Å². The van der Waals surface area contributed by atoms with Gasteiger partial charge in [0.15, 0.2) is 0 Å². The van der Waals surface area contributed by atoms with E-state index in [4.69, 9.17) is 0 Å². The van der Waals surface area contributed by atoms with Crippen LogP contribution in [0.5, 0.6) is 0 Å². The van der Waals surface area contributed by atoms with Gasteiger partial charge in [0.25, 0.3) is 0 Å². The van der Waals surface area contributed by atoms with Crippen LogP contribution in [0, 0.1) is 0 Å². The van der Waals surface area contributed by atoms with E-state index >= 15 is 0 Å². The van der Waals surface area contributed by atoms with Crippen molar-refractivity contribution in [3.8, 4) is 33.6 Å². The van der Waals surface area contributed by atoms with Crippen molar-refractivity contribution in [3.05, 3.63) is 146 Å². The summed E-state index contributed by atoms with van der Waals surface area (Å²) in [5, 5.41) is 7.77. The molecule has 2 heterocycles. The molecule has 42 heavy (non-hydrogen) atoms. The van der Waals surface area contributed by atoms with Gasteiger partial charge in [-0.2, -0.15) is 0 Å². The van der Waals surface area contributed by atoms with Gasteiger partial charge in [-0.25, -0.2) is 0 Å². The van der Waals surface area contributed by atoms with Crippen LogP contribution in [0.2, 0.25) is 0 Å². The van der Waals surface area contributed by atoms with Crippen LogP contribution in [0.3, 0.4) is 0 Å². The van der Waals surface area contributed by atoms with Crippen LogP contribution in [-0.2, 0) is 0 Å². The lowest BCUT2D eigenvalue weighted by molar-refractivity contribution is 1.17. The molecule has 9 aromatic rings. The predicted molar refractivity (Wildman–Crippen MR) is 177 cm³/mol. The minimum Gasteiger partial charge on any atom is -0.309 e. The van der Waals surface area contributed by atoms with E-state index in [0.29, 0.717) is 0 Å². The molecule has 2 aromatic heterocycles. The lowest BCUT2D eigenvalue weighted by Crippen LogP contribution is -1.96. The molecule has 0 amide bonds. The van der Waals surface area contributed by atoms with Crippen LogP contribution >= 0.6 is 0 Å². The first-order valence-electron chi connectivity index (χ1n) is 14.5. The van der Waals surface area contributed by atoms with E-state index in [0.717, 1.165) is 0 Å². The normalized spacial score (nSPS) is 12.3. The number of fused-ring (bicyclic) bond motifs is 10. The molecule has 2 nitrogen and oxygen atoms in total. The summed E-state index contributed by atoms with van der Waals surface area (Å²) in [4.78, 5) is 0. The fraction of sp³-hybridized carbons (Fsp3) is 0. The standard InChI is InChI=1S/C40H24N2/c1-2-11-25(12-3-1)42-38-22-21-26(41-36-19-8-6-15-29(36)30-16-7-9-20-37(30)41)23-33(38)35-24-34-28-14-5-4-13-27(28)31-17-10-18-32(39(31)34)40(35)42/h1-24H. The van der Waals surface area contributed by atoms with Crippen molar-refractivity contribution in [1.82, 2.24) is 9.13 Å². The molecule has 0 N–H and O–H groups in total. The van der Waals surface area contributed by atoms with Gasteiger partial charge in [-0.15, -0.1) is 0 Å². The number of hydrogen-bond donors (Lipinski definition) is 0. The average Bonchev–Trinajstić information content (AvgIpc) is 3.69. The van der Waals surface area contributed by atoms with Crippen LogP contribution in [0.15, 0.2) is 146 Å². The van der Waals surface area contributed by atoms with Crippen LogP contribution in [0.25, 0.3) is 88.0 Å². The van der Waals surface area contributed by atoms with Crippen LogP contribution in [-0.4, -0.2) is 9.13 Å². The predicted octanol–water partition coefficient (Wildman–Crippen LogP) is 10.7. The monoisotopic (exact) mass is 532 g/mol. The molecule has 0 saturated carbocycles. The Morgan fingerprint density at radius 2 is 0.905 bits per heavy atom. The number of benzene rings is 7. The largest absolute Gasteiger partial charge is 0.309 e. The highest BCUT2D eigenvalue weighted by Crippen LogP contribution is 2.51. The summed E-state index contributed by atoms with van der Waals surface area (Å²) in [5.74, 6) is 0. The summed E-state index contributed by atoms with van der Waals surface area (Å²) in [6.45, 7) is 0. The second-order valence-electron chi connectivity index (χ2n) is 11.3. The molecule has 0 unspecified atom stereocenters. The Bertz CT molecular complexity index is 2510. The molecule has 0 fully saturated rings. The highest BCUT2D eigenvalue weighted by molar-refractivity contribution is 6.27. The molecule has 0 saturated heterocycles. The van der Waals surface area contributed by atoms with Crippen LogP contribution in [0.1, 0.15) is 0 Å². The minimum atomic E-state index is 1.18. The Balaban J connectivity index is 1.38. The van der Waals surface area contributed by atoms with E-state index < -0.39 is 0 Å². The molecule has 0 aliphatic heterocycles. The third-order valence-corrected chi connectivity index (χ3v) is 9.23.